The minimum Gasteiger partial charge on any atom is -0.453 e. The second-order valence-corrected chi connectivity index (χ2v) is 33.5. The van der Waals surface area contributed by atoms with Gasteiger partial charge in [-0.05, 0) is 278 Å². The van der Waals surface area contributed by atoms with Gasteiger partial charge >= 0.3 is 19.5 Å². The summed E-state index contributed by atoms with van der Waals surface area (Å²) in [7, 11) is 0. The van der Waals surface area contributed by atoms with E-state index in [9.17, 15) is 0 Å². The molecule has 0 saturated carbocycles. The first-order valence-corrected chi connectivity index (χ1v) is 46.1. The zero-order chi connectivity index (χ0) is 87.1. The Labute approximate surface area is 767 Å². The average molecular weight is 1760 g/mol. The Morgan fingerprint density at radius 2 is 0.457 bits per heavy atom. The molecule has 0 radical (unpaired) electrons. The molecule has 10 aromatic carbocycles. The van der Waals surface area contributed by atoms with Crippen molar-refractivity contribution in [1.82, 2.24) is 59.8 Å². The molecule has 2 aliphatic heterocycles. The molecule has 16 aromatic rings. The third-order valence-corrected chi connectivity index (χ3v) is 23.8. The maximum atomic E-state index is 7.12. The van der Waals surface area contributed by atoms with Gasteiger partial charge in [-0.2, -0.15) is 0 Å². The summed E-state index contributed by atoms with van der Waals surface area (Å²) in [5, 5.41) is 2.35. The first-order chi connectivity index (χ1) is 63.1. The predicted molar refractivity (Wildman–Crippen MR) is 512 cm³/mol. The first kappa shape index (κ1) is 87.7. The quantitative estimate of drug-likeness (QED) is 0.0260. The fraction of sp³-hybridized carbons (Fsp3) is 0.273. The van der Waals surface area contributed by atoms with E-state index in [0.717, 1.165) is 154 Å². The molecule has 6 aromatic heterocycles. The van der Waals surface area contributed by atoms with Crippen LogP contribution in [0.2, 0.25) is 0 Å². The van der Waals surface area contributed by atoms with E-state index in [1.807, 2.05) is 158 Å². The molecule has 129 heavy (non-hydrogen) atoms. The number of fused-ring (bicyclic) bond motifs is 21. The van der Waals surface area contributed by atoms with E-state index in [1.54, 1.807) is 12.4 Å². The molecule has 0 aliphatic carbocycles. The number of aromatic nitrogens is 12. The van der Waals surface area contributed by atoms with Crippen LogP contribution in [0, 0.1) is 0 Å². The van der Waals surface area contributed by atoms with Gasteiger partial charge in [0.05, 0.1) is 45.7 Å². The van der Waals surface area contributed by atoms with E-state index in [4.69, 9.17) is 88.2 Å². The monoisotopic (exact) mass is 1750 g/mol. The van der Waals surface area contributed by atoms with Gasteiger partial charge in [0, 0.05) is 57.2 Å². The molecule has 0 unspecified atom stereocenters. The molecular weight excluding hydrogens is 1650 g/mol. The number of benzene rings is 10. The van der Waals surface area contributed by atoms with Crippen molar-refractivity contribution in [3.05, 3.63) is 276 Å². The van der Waals surface area contributed by atoms with Crippen LogP contribution in [0.4, 0.5) is 0 Å². The maximum absolute atomic E-state index is 7.12. The van der Waals surface area contributed by atoms with Gasteiger partial charge in [0.2, 0.25) is 0 Å². The Balaban J connectivity index is 0.0000117. The van der Waals surface area contributed by atoms with Gasteiger partial charge in [0.1, 0.15) is 45.9 Å². The molecule has 18 nitrogen and oxygen atoms in total. The Morgan fingerprint density at radius 3 is 0.674 bits per heavy atom. The van der Waals surface area contributed by atoms with Crippen LogP contribution in [-0.2, 0) is 58.0 Å². The van der Waals surface area contributed by atoms with Gasteiger partial charge in [0.15, 0.2) is 34.5 Å². The second kappa shape index (κ2) is 41.6. The molecule has 0 atom stereocenters. The van der Waals surface area contributed by atoms with Crippen molar-refractivity contribution >= 4 is 55.2 Å². The summed E-state index contributed by atoms with van der Waals surface area (Å²) in [6.07, 6.45) is 29.5. The SMILES string of the molecule is CCCCCc1ccc(Oc2cc3c(cc2Oc2ccc(CCCCC)cc2)-c2nc-3nc3[n-]c(nc4nc(nc5[n-]c(n2)c2cc6nc(-c7ccccn7)c(-c7ccccn7)nc6cc52)-c2cc(Oc5ccc(CCCCC)cc5)c(Oc5ccc(CCCCC)cc5)cc2-4)c2cc(Oc4ccc(CCCCC)cc4)c(Oc4ccc(CCCCC)cc4)cc32)cc1.[Zn+2]. The van der Waals surface area contributed by atoms with Crippen LogP contribution in [0.3, 0.4) is 0 Å². The molecule has 0 N–H and O–H groups in total. The Kier molecular flexibility index (Phi) is 28.3. The smallest absolute Gasteiger partial charge is 0.453 e. The second-order valence-electron chi connectivity index (χ2n) is 33.5. The predicted octanol–water partition coefficient (Wildman–Crippen LogP) is 29.3. The third-order valence-electron chi connectivity index (χ3n) is 23.8. The van der Waals surface area contributed by atoms with Gasteiger partial charge < -0.3 is 58.3 Å². The van der Waals surface area contributed by atoms with Crippen LogP contribution in [-0.4, -0.2) is 49.8 Å². The van der Waals surface area contributed by atoms with E-state index in [-0.39, 0.29) is 65.4 Å². The van der Waals surface area contributed by atoms with Crippen molar-refractivity contribution < 1.29 is 47.9 Å². The molecule has 0 spiro atoms. The van der Waals surface area contributed by atoms with Gasteiger partial charge in [-0.1, -0.05) is 204 Å². The van der Waals surface area contributed by atoms with Gasteiger partial charge in [-0.15, -0.1) is 0 Å². The molecule has 0 saturated heterocycles. The van der Waals surface area contributed by atoms with Crippen molar-refractivity contribution in [2.45, 2.75) is 196 Å². The molecule has 8 heterocycles. The minimum absolute atomic E-state index is 0. The van der Waals surface area contributed by atoms with E-state index in [2.05, 4.69) is 114 Å². The molecule has 644 valence electrons. The van der Waals surface area contributed by atoms with Gasteiger partial charge in [0.25, 0.3) is 0 Å². The van der Waals surface area contributed by atoms with Gasteiger partial charge in [-0.3, -0.25) is 9.97 Å². The van der Waals surface area contributed by atoms with Crippen LogP contribution >= 0.6 is 0 Å². The van der Waals surface area contributed by atoms with Crippen LogP contribution in [0.15, 0.2) is 243 Å². The topological polar surface area (TPSA) is 212 Å². The molecule has 2 aliphatic rings. The summed E-state index contributed by atoms with van der Waals surface area (Å²) in [6.45, 7) is 13.4. The number of ether oxygens (including phenoxy) is 6. The zero-order valence-electron chi connectivity index (χ0n) is 74.6. The fourth-order valence-electron chi connectivity index (χ4n) is 16.7. The summed E-state index contributed by atoms with van der Waals surface area (Å²) < 4.78 is 42.6. The molecular formula is C110H106N12O6Zn. The zero-order valence-corrected chi connectivity index (χ0v) is 77.6. The summed E-state index contributed by atoms with van der Waals surface area (Å²) in [6, 6.07) is 77.1. The van der Waals surface area contributed by atoms with Crippen molar-refractivity contribution in [2.24, 2.45) is 0 Å². The number of unbranched alkanes of at least 4 members (excludes halogenated alkanes) is 12. The Bertz CT molecular complexity index is 6350. The molecule has 0 fully saturated rings. The van der Waals surface area contributed by atoms with Crippen LogP contribution in [0.1, 0.15) is 190 Å². The van der Waals surface area contributed by atoms with Crippen molar-refractivity contribution in [2.75, 3.05) is 0 Å². The fourth-order valence-corrected chi connectivity index (χ4v) is 16.7. The van der Waals surface area contributed by atoms with Crippen LogP contribution < -0.4 is 38.4 Å². The minimum atomic E-state index is 0. The summed E-state index contributed by atoms with van der Waals surface area (Å²) in [4.78, 5) is 65.3. The number of hydrogen-bond donors (Lipinski definition) is 0. The molecule has 18 rings (SSSR count). The van der Waals surface area contributed by atoms with Crippen molar-refractivity contribution in [1.29, 1.82) is 0 Å². The van der Waals surface area contributed by atoms with E-state index < -0.39 is 0 Å². The van der Waals surface area contributed by atoms with E-state index >= 15 is 0 Å². The van der Waals surface area contributed by atoms with Crippen LogP contribution in [0.25, 0.3) is 123 Å². The standard InChI is InChI=1S/C110H106N12O6.Zn/c1-7-13-19-29-71-37-49-77(50-38-71)123-95-65-85-87(67-97(95)125-79-53-41-73(42-54-79)31-21-15-9-3)107-118-105(85)116-103-83-63-93-94(114-102(92-36-26-28-62-112-92)101(113-93)91-35-25-27-61-111-91)64-84(83)104(115-103)117-106-86-66-96(124-78-51-39-72(40-52-78)30-20-14-8-2)98(126-80-55-43-74(44-56-80)32-22-16-10-4)68-88(86)108(119-106)121-110-90-70-100(128-82-59-47-76(48-60-82)34-24-18-12-6)99(69-89(90)109(120-107)122-110)127-81-57-45-75(46-58-81)33-23-17-11-5;/h25-28,35-70H,7-24,29-34H2,1-6H3;/q-2;+2. The van der Waals surface area contributed by atoms with E-state index in [0.29, 0.717) is 147 Å². The number of aryl methyl sites for hydroxylation is 6. The largest absolute Gasteiger partial charge is 2.00 e. The number of rotatable bonds is 38. The molecule has 19 heteroatoms. The third kappa shape index (κ3) is 20.8. The normalized spacial score (nSPS) is 11.6. The van der Waals surface area contributed by atoms with Gasteiger partial charge in [-0.25, -0.2) is 19.9 Å². The summed E-state index contributed by atoms with van der Waals surface area (Å²) in [5.41, 5.74) is 14.2. The number of nitrogens with zero attached hydrogens (tertiary/aromatic N) is 12. The summed E-state index contributed by atoms with van der Waals surface area (Å²) >= 11 is 0. The summed E-state index contributed by atoms with van der Waals surface area (Å²) in [5.74, 6) is 7.27. The maximum Gasteiger partial charge on any atom is 2.00 e. The average Bonchev–Trinajstić information content (AvgIpc) is 1.58. The number of pyridine rings is 2. The van der Waals surface area contributed by atoms with E-state index in [1.165, 1.54) is 33.4 Å². The van der Waals surface area contributed by atoms with Crippen molar-refractivity contribution in [3.8, 4) is 137 Å². The molecule has 0 amide bonds. The Morgan fingerprint density at radius 1 is 0.233 bits per heavy atom. The molecule has 8 bridgehead atoms. The number of hydrogen-bond acceptors (Lipinski definition) is 16. The first-order valence-electron chi connectivity index (χ1n) is 46.1. The Hall–Kier alpha value is -13.4. The van der Waals surface area contributed by atoms with Crippen molar-refractivity contribution in [3.63, 3.8) is 0 Å². The van der Waals surface area contributed by atoms with Crippen LogP contribution in [0.5, 0.6) is 69.0 Å².